The summed E-state index contributed by atoms with van der Waals surface area (Å²) in [5, 5.41) is 2.31. The summed E-state index contributed by atoms with van der Waals surface area (Å²) in [7, 11) is 0. The third-order valence-corrected chi connectivity index (χ3v) is 3.69. The number of carbonyl (C=O) groups excluding carboxylic acids is 2. The Morgan fingerprint density at radius 2 is 1.38 bits per heavy atom. The lowest BCUT2D eigenvalue weighted by atomic mass is 10.2. The zero-order chi connectivity index (χ0) is 18.5. The lowest BCUT2D eigenvalue weighted by molar-refractivity contribution is -0.134. The number of nitrogen functional groups attached to an aromatic ring is 1. The van der Waals surface area contributed by atoms with E-state index < -0.39 is 17.6 Å². The molecule has 0 atom stereocenters. The van der Waals surface area contributed by atoms with Crippen molar-refractivity contribution in [3.05, 3.63) is 84.7 Å². The molecule has 0 unspecified atom stereocenters. The maximum absolute atomic E-state index is 13.8. The molecule has 0 heterocycles. The van der Waals surface area contributed by atoms with Gasteiger partial charge in [-0.15, -0.1) is 0 Å². The van der Waals surface area contributed by atoms with Gasteiger partial charge in [0.1, 0.15) is 5.82 Å². The standard InChI is InChI=1S/C20H16FN3O2/c21-17-8-4-5-9-18(17)23-19(25)20(26)24(15-6-2-1-3-7-15)16-12-10-14(22)11-13-16/h1-13H,22H2,(H,23,25). The van der Waals surface area contributed by atoms with Gasteiger partial charge in [-0.25, -0.2) is 4.39 Å². The van der Waals surface area contributed by atoms with Gasteiger partial charge in [-0.3, -0.25) is 14.5 Å². The van der Waals surface area contributed by atoms with Gasteiger partial charge in [0.15, 0.2) is 0 Å². The molecule has 3 aromatic rings. The van der Waals surface area contributed by atoms with Crippen LogP contribution >= 0.6 is 0 Å². The molecule has 26 heavy (non-hydrogen) atoms. The summed E-state index contributed by atoms with van der Waals surface area (Å²) in [4.78, 5) is 26.5. The van der Waals surface area contributed by atoms with Crippen molar-refractivity contribution < 1.29 is 14.0 Å². The quantitative estimate of drug-likeness (QED) is 0.559. The Balaban J connectivity index is 1.93. The smallest absolute Gasteiger partial charge is 0.321 e. The number of hydrogen-bond acceptors (Lipinski definition) is 3. The Hall–Kier alpha value is -3.67. The minimum absolute atomic E-state index is 0.0591. The zero-order valence-corrected chi connectivity index (χ0v) is 13.7. The highest BCUT2D eigenvalue weighted by Gasteiger charge is 2.25. The molecular formula is C20H16FN3O2. The summed E-state index contributed by atoms with van der Waals surface area (Å²) in [6.07, 6.45) is 0. The predicted molar refractivity (Wildman–Crippen MR) is 99.5 cm³/mol. The van der Waals surface area contributed by atoms with Crippen LogP contribution < -0.4 is 16.0 Å². The first-order valence-electron chi connectivity index (χ1n) is 7.87. The second kappa shape index (κ2) is 7.48. The normalized spacial score (nSPS) is 10.2. The highest BCUT2D eigenvalue weighted by atomic mass is 19.1. The van der Waals surface area contributed by atoms with Crippen molar-refractivity contribution >= 4 is 34.6 Å². The van der Waals surface area contributed by atoms with E-state index in [2.05, 4.69) is 5.32 Å². The van der Waals surface area contributed by atoms with E-state index in [9.17, 15) is 14.0 Å². The number of anilines is 4. The van der Waals surface area contributed by atoms with Crippen molar-refractivity contribution in [3.8, 4) is 0 Å². The third kappa shape index (κ3) is 3.70. The SMILES string of the molecule is Nc1ccc(N(C(=O)C(=O)Nc2ccccc2F)c2ccccc2)cc1. The van der Waals surface area contributed by atoms with E-state index >= 15 is 0 Å². The average molecular weight is 349 g/mol. The maximum Gasteiger partial charge on any atom is 0.321 e. The molecule has 0 fully saturated rings. The molecule has 3 rings (SSSR count). The molecule has 0 radical (unpaired) electrons. The van der Waals surface area contributed by atoms with Gasteiger partial charge < -0.3 is 11.1 Å². The van der Waals surface area contributed by atoms with E-state index in [1.807, 2.05) is 0 Å². The summed E-state index contributed by atoms with van der Waals surface area (Å²) in [6.45, 7) is 0. The number of benzene rings is 3. The van der Waals surface area contributed by atoms with Crippen LogP contribution in [0, 0.1) is 5.82 Å². The van der Waals surface area contributed by atoms with Crippen molar-refractivity contribution in [3.63, 3.8) is 0 Å². The van der Waals surface area contributed by atoms with Gasteiger partial charge in [0.25, 0.3) is 0 Å². The van der Waals surface area contributed by atoms with Crippen molar-refractivity contribution in [2.75, 3.05) is 16.0 Å². The van der Waals surface area contributed by atoms with Crippen LogP contribution in [0.4, 0.5) is 27.1 Å². The first-order chi connectivity index (χ1) is 12.6. The van der Waals surface area contributed by atoms with E-state index in [0.29, 0.717) is 17.1 Å². The molecule has 130 valence electrons. The Morgan fingerprint density at radius 1 is 0.808 bits per heavy atom. The minimum atomic E-state index is -0.948. The van der Waals surface area contributed by atoms with Crippen LogP contribution in [0.5, 0.6) is 0 Å². The van der Waals surface area contributed by atoms with Gasteiger partial charge in [0.2, 0.25) is 0 Å². The Kier molecular flexibility index (Phi) is 4.94. The largest absolute Gasteiger partial charge is 0.399 e. The molecule has 0 aromatic heterocycles. The summed E-state index contributed by atoms with van der Waals surface area (Å²) >= 11 is 0. The minimum Gasteiger partial charge on any atom is -0.399 e. The molecule has 2 amide bonds. The molecule has 0 bridgehead atoms. The lowest BCUT2D eigenvalue weighted by Gasteiger charge is -2.22. The van der Waals surface area contributed by atoms with Gasteiger partial charge in [0.05, 0.1) is 5.69 Å². The monoisotopic (exact) mass is 349 g/mol. The summed E-state index contributed by atoms with van der Waals surface area (Å²) < 4.78 is 13.8. The second-order valence-corrected chi connectivity index (χ2v) is 5.50. The van der Waals surface area contributed by atoms with Crippen LogP contribution in [-0.2, 0) is 9.59 Å². The molecule has 5 nitrogen and oxygen atoms in total. The zero-order valence-electron chi connectivity index (χ0n) is 13.7. The van der Waals surface area contributed by atoms with Crippen molar-refractivity contribution in [2.45, 2.75) is 0 Å². The van der Waals surface area contributed by atoms with Gasteiger partial charge in [-0.05, 0) is 48.5 Å². The fourth-order valence-electron chi connectivity index (χ4n) is 2.42. The maximum atomic E-state index is 13.8. The van der Waals surface area contributed by atoms with E-state index in [0.717, 1.165) is 0 Å². The van der Waals surface area contributed by atoms with Gasteiger partial charge in [-0.1, -0.05) is 30.3 Å². The molecular weight excluding hydrogens is 333 g/mol. The number of rotatable bonds is 3. The van der Waals surface area contributed by atoms with E-state index in [1.54, 1.807) is 60.7 Å². The number of halogens is 1. The Labute approximate surface area is 149 Å². The summed E-state index contributed by atoms with van der Waals surface area (Å²) in [5.41, 5.74) is 7.15. The number of amides is 2. The first-order valence-corrected chi connectivity index (χ1v) is 7.87. The molecule has 0 aliphatic carbocycles. The molecule has 0 saturated heterocycles. The number of carbonyl (C=O) groups is 2. The van der Waals surface area contributed by atoms with Crippen LogP contribution in [0.3, 0.4) is 0 Å². The number of nitrogens with zero attached hydrogens (tertiary/aromatic N) is 1. The van der Waals surface area contributed by atoms with Gasteiger partial charge >= 0.3 is 11.8 Å². The number of nitrogens with one attached hydrogen (secondary N) is 1. The van der Waals surface area contributed by atoms with Gasteiger partial charge in [-0.2, -0.15) is 0 Å². The Bertz CT molecular complexity index is 927. The number of hydrogen-bond donors (Lipinski definition) is 2. The van der Waals surface area contributed by atoms with Crippen LogP contribution in [0.2, 0.25) is 0 Å². The molecule has 0 aliphatic rings. The fourth-order valence-corrected chi connectivity index (χ4v) is 2.42. The van der Waals surface area contributed by atoms with E-state index in [1.165, 1.54) is 23.1 Å². The Morgan fingerprint density at radius 3 is 2.04 bits per heavy atom. The number of nitrogens with two attached hydrogens (primary N) is 1. The van der Waals surface area contributed by atoms with Crippen LogP contribution in [0.15, 0.2) is 78.9 Å². The van der Waals surface area contributed by atoms with Crippen molar-refractivity contribution in [1.29, 1.82) is 0 Å². The number of para-hydroxylation sites is 2. The molecule has 0 saturated carbocycles. The molecule has 3 N–H and O–H groups in total. The van der Waals surface area contributed by atoms with Gasteiger partial charge in [0, 0.05) is 17.1 Å². The third-order valence-electron chi connectivity index (χ3n) is 3.69. The van der Waals surface area contributed by atoms with Crippen LogP contribution in [-0.4, -0.2) is 11.8 Å². The van der Waals surface area contributed by atoms with Crippen LogP contribution in [0.25, 0.3) is 0 Å². The topological polar surface area (TPSA) is 75.4 Å². The summed E-state index contributed by atoms with van der Waals surface area (Å²) in [5.74, 6) is -2.41. The molecule has 6 heteroatoms. The lowest BCUT2D eigenvalue weighted by Crippen LogP contribution is -2.37. The van der Waals surface area contributed by atoms with Crippen molar-refractivity contribution in [1.82, 2.24) is 0 Å². The highest BCUT2D eigenvalue weighted by molar-refractivity contribution is 6.45. The van der Waals surface area contributed by atoms with Crippen LogP contribution in [0.1, 0.15) is 0 Å². The molecule has 0 aliphatic heterocycles. The van der Waals surface area contributed by atoms with Crippen molar-refractivity contribution in [2.24, 2.45) is 0 Å². The highest BCUT2D eigenvalue weighted by Crippen LogP contribution is 2.26. The predicted octanol–water partition coefficient (Wildman–Crippen LogP) is 3.71. The fraction of sp³-hybridized carbons (Fsp3) is 0. The van der Waals surface area contributed by atoms with E-state index in [-0.39, 0.29) is 5.69 Å². The summed E-state index contributed by atoms with van der Waals surface area (Å²) in [6, 6.07) is 20.9. The molecule has 3 aromatic carbocycles. The van der Waals surface area contributed by atoms with E-state index in [4.69, 9.17) is 5.73 Å². The first kappa shape index (κ1) is 17.2. The second-order valence-electron chi connectivity index (χ2n) is 5.50. The molecule has 0 spiro atoms. The average Bonchev–Trinajstić information content (AvgIpc) is 2.66.